The number of rotatable bonds is 7. The summed E-state index contributed by atoms with van der Waals surface area (Å²) in [6, 6.07) is 10.9. The van der Waals surface area contributed by atoms with Gasteiger partial charge in [-0.1, -0.05) is 17.7 Å². The van der Waals surface area contributed by atoms with Crippen molar-refractivity contribution in [1.29, 1.82) is 0 Å². The van der Waals surface area contributed by atoms with E-state index in [1.165, 1.54) is 24.3 Å². The number of amides is 1. The van der Waals surface area contributed by atoms with Crippen molar-refractivity contribution in [2.45, 2.75) is 31.7 Å². The summed E-state index contributed by atoms with van der Waals surface area (Å²) < 4.78 is 32.0. The molecule has 0 spiro atoms. The summed E-state index contributed by atoms with van der Waals surface area (Å²) in [5.41, 5.74) is 1.50. The lowest BCUT2D eigenvalue weighted by molar-refractivity contribution is -0.118. The van der Waals surface area contributed by atoms with Crippen molar-refractivity contribution in [1.82, 2.24) is 4.72 Å². The summed E-state index contributed by atoms with van der Waals surface area (Å²) in [7, 11) is -3.55. The first-order valence-electron chi connectivity index (χ1n) is 7.98. The monoisotopic (exact) mass is 396 g/mol. The Morgan fingerprint density at radius 2 is 1.81 bits per heavy atom. The Morgan fingerprint density at radius 3 is 2.38 bits per heavy atom. The first-order chi connectivity index (χ1) is 12.2. The first kappa shape index (κ1) is 20.2. The number of nitrogens with one attached hydrogen (secondary N) is 2. The molecule has 2 N–H and O–H groups in total. The molecule has 0 fully saturated rings. The van der Waals surface area contributed by atoms with E-state index in [9.17, 15) is 13.2 Å². The smallest absolute Gasteiger partial charge is 0.262 e. The lowest BCUT2D eigenvalue weighted by atomic mass is 10.2. The number of ether oxygens (including phenoxy) is 1. The van der Waals surface area contributed by atoms with Gasteiger partial charge in [-0.25, -0.2) is 13.1 Å². The minimum absolute atomic E-state index is 0.136. The van der Waals surface area contributed by atoms with Gasteiger partial charge < -0.3 is 10.1 Å². The summed E-state index contributed by atoms with van der Waals surface area (Å²) in [5, 5.41) is 3.25. The second-order valence-electron chi connectivity index (χ2n) is 6.05. The van der Waals surface area contributed by atoms with Gasteiger partial charge in [-0.05, 0) is 62.7 Å². The van der Waals surface area contributed by atoms with Crippen LogP contribution in [0.25, 0.3) is 0 Å². The highest BCUT2D eigenvalue weighted by Crippen LogP contribution is 2.20. The normalized spacial score (nSPS) is 11.4. The van der Waals surface area contributed by atoms with E-state index in [-0.39, 0.29) is 23.5 Å². The van der Waals surface area contributed by atoms with Crippen molar-refractivity contribution in [3.8, 4) is 5.75 Å². The van der Waals surface area contributed by atoms with Gasteiger partial charge in [-0.15, -0.1) is 0 Å². The zero-order valence-corrected chi connectivity index (χ0v) is 16.3. The highest BCUT2D eigenvalue weighted by Gasteiger charge is 2.15. The van der Waals surface area contributed by atoms with E-state index in [4.69, 9.17) is 16.3 Å². The van der Waals surface area contributed by atoms with Crippen molar-refractivity contribution < 1.29 is 17.9 Å². The fourth-order valence-corrected chi connectivity index (χ4v) is 3.54. The van der Waals surface area contributed by atoms with Gasteiger partial charge in [0.25, 0.3) is 5.91 Å². The molecule has 0 unspecified atom stereocenters. The highest BCUT2D eigenvalue weighted by atomic mass is 35.5. The fraction of sp³-hybridized carbons (Fsp3) is 0.278. The minimum atomic E-state index is -3.55. The second-order valence-corrected chi connectivity index (χ2v) is 8.17. The van der Waals surface area contributed by atoms with Crippen LogP contribution < -0.4 is 14.8 Å². The van der Waals surface area contributed by atoms with Crippen molar-refractivity contribution in [2.75, 3.05) is 11.9 Å². The van der Waals surface area contributed by atoms with Crippen LogP contribution in [0.1, 0.15) is 19.4 Å². The zero-order chi connectivity index (χ0) is 19.3. The average molecular weight is 397 g/mol. The third-order valence-electron chi connectivity index (χ3n) is 3.35. The molecule has 0 saturated carbocycles. The van der Waals surface area contributed by atoms with Crippen molar-refractivity contribution in [3.05, 3.63) is 53.1 Å². The SMILES string of the molecule is Cc1ccc(NC(=O)COc2ccc(S(=O)(=O)NC(C)C)cc2)cc1Cl. The number of anilines is 1. The summed E-state index contributed by atoms with van der Waals surface area (Å²) in [6.45, 7) is 5.16. The molecule has 0 aliphatic rings. The molecule has 2 aromatic carbocycles. The summed E-state index contributed by atoms with van der Waals surface area (Å²) in [6.07, 6.45) is 0. The molecule has 0 bridgehead atoms. The Morgan fingerprint density at radius 1 is 1.15 bits per heavy atom. The molecule has 8 heteroatoms. The molecule has 1 amide bonds. The maximum absolute atomic E-state index is 12.0. The third kappa shape index (κ3) is 5.72. The molecule has 140 valence electrons. The molecule has 2 rings (SSSR count). The van der Waals surface area contributed by atoms with Crippen molar-refractivity contribution in [2.24, 2.45) is 0 Å². The third-order valence-corrected chi connectivity index (χ3v) is 5.43. The van der Waals surface area contributed by atoms with Crippen LogP contribution in [0.2, 0.25) is 5.02 Å². The van der Waals surface area contributed by atoms with Crippen LogP contribution in [0.15, 0.2) is 47.4 Å². The molecule has 0 heterocycles. The molecule has 2 aromatic rings. The van der Waals surface area contributed by atoms with Crippen LogP contribution in [-0.2, 0) is 14.8 Å². The van der Waals surface area contributed by atoms with Crippen LogP contribution in [0.3, 0.4) is 0 Å². The van der Waals surface area contributed by atoms with Gasteiger partial charge in [0.1, 0.15) is 5.75 Å². The van der Waals surface area contributed by atoms with Crippen LogP contribution in [-0.4, -0.2) is 27.0 Å². The average Bonchev–Trinajstić information content (AvgIpc) is 2.55. The van der Waals surface area contributed by atoms with E-state index in [0.717, 1.165) is 5.56 Å². The van der Waals surface area contributed by atoms with Gasteiger partial charge in [0, 0.05) is 16.8 Å². The first-order valence-corrected chi connectivity index (χ1v) is 9.84. The molecule has 0 radical (unpaired) electrons. The van der Waals surface area contributed by atoms with Gasteiger partial charge in [0.05, 0.1) is 4.90 Å². The number of sulfonamides is 1. The van der Waals surface area contributed by atoms with Crippen molar-refractivity contribution >= 4 is 33.2 Å². The number of hydrogen-bond acceptors (Lipinski definition) is 4. The topological polar surface area (TPSA) is 84.5 Å². The zero-order valence-electron chi connectivity index (χ0n) is 14.7. The van der Waals surface area contributed by atoms with Gasteiger partial charge in [-0.2, -0.15) is 0 Å². The van der Waals surface area contributed by atoms with E-state index < -0.39 is 10.0 Å². The predicted molar refractivity (Wildman–Crippen MR) is 102 cm³/mol. The number of aryl methyl sites for hydroxylation is 1. The Kier molecular flexibility index (Phi) is 6.63. The number of carbonyl (C=O) groups excluding carboxylic acids is 1. The molecular weight excluding hydrogens is 376 g/mol. The number of benzene rings is 2. The molecule has 0 aromatic heterocycles. The van der Waals surface area contributed by atoms with Gasteiger partial charge in [0.15, 0.2) is 6.61 Å². The molecule has 0 aliphatic heterocycles. The number of halogens is 1. The maximum Gasteiger partial charge on any atom is 0.262 e. The molecule has 0 saturated heterocycles. The largest absolute Gasteiger partial charge is 0.484 e. The Bertz CT molecular complexity index is 881. The minimum Gasteiger partial charge on any atom is -0.484 e. The van der Waals surface area contributed by atoms with E-state index >= 15 is 0 Å². The summed E-state index contributed by atoms with van der Waals surface area (Å²) in [4.78, 5) is 12.1. The van der Waals surface area contributed by atoms with Gasteiger partial charge in [-0.3, -0.25) is 4.79 Å². The highest BCUT2D eigenvalue weighted by molar-refractivity contribution is 7.89. The molecule has 0 aliphatic carbocycles. The number of carbonyl (C=O) groups is 1. The van der Waals surface area contributed by atoms with Crippen LogP contribution in [0.5, 0.6) is 5.75 Å². The molecular formula is C18H21ClN2O4S. The summed E-state index contributed by atoms with van der Waals surface area (Å²) >= 11 is 6.02. The van der Waals surface area contributed by atoms with E-state index in [1.807, 2.05) is 13.0 Å². The maximum atomic E-state index is 12.0. The fourth-order valence-electron chi connectivity index (χ4n) is 2.11. The van der Waals surface area contributed by atoms with Crippen LogP contribution in [0.4, 0.5) is 5.69 Å². The lowest BCUT2D eigenvalue weighted by Crippen LogP contribution is -2.30. The van der Waals surface area contributed by atoms with E-state index in [1.54, 1.807) is 26.0 Å². The Balaban J connectivity index is 1.93. The van der Waals surface area contributed by atoms with Crippen LogP contribution >= 0.6 is 11.6 Å². The second kappa shape index (κ2) is 8.53. The predicted octanol–water partition coefficient (Wildman–Crippen LogP) is 3.35. The van der Waals surface area contributed by atoms with Crippen LogP contribution in [0, 0.1) is 6.92 Å². The molecule has 6 nitrogen and oxygen atoms in total. The quantitative estimate of drug-likeness (QED) is 0.751. The number of hydrogen-bond donors (Lipinski definition) is 2. The lowest BCUT2D eigenvalue weighted by Gasteiger charge is -2.11. The Hall–Kier alpha value is -2.09. The standard InChI is InChI=1S/C18H21ClN2O4S/c1-12(2)21-26(23,24)16-8-6-15(7-9-16)25-11-18(22)20-14-5-4-13(3)17(19)10-14/h4-10,12,21H,11H2,1-3H3,(H,20,22). The van der Waals surface area contributed by atoms with Gasteiger partial charge in [0.2, 0.25) is 10.0 Å². The Labute approximate surface area is 158 Å². The van der Waals surface area contributed by atoms with Gasteiger partial charge >= 0.3 is 0 Å². The van der Waals surface area contributed by atoms with E-state index in [2.05, 4.69) is 10.0 Å². The van der Waals surface area contributed by atoms with E-state index in [0.29, 0.717) is 16.5 Å². The molecule has 0 atom stereocenters. The van der Waals surface area contributed by atoms with Crippen molar-refractivity contribution in [3.63, 3.8) is 0 Å². The summed E-state index contributed by atoms with van der Waals surface area (Å²) in [5.74, 6) is 0.0497. The molecule has 26 heavy (non-hydrogen) atoms.